The highest BCUT2D eigenvalue weighted by atomic mass is 32.1. The van der Waals surface area contributed by atoms with Gasteiger partial charge in [-0.2, -0.15) is 0 Å². The zero-order chi connectivity index (χ0) is 17.7. The molecule has 1 aromatic heterocycles. The second-order valence-corrected chi connectivity index (χ2v) is 6.89. The lowest BCUT2D eigenvalue weighted by atomic mass is 9.99. The first-order chi connectivity index (χ1) is 11.3. The van der Waals surface area contributed by atoms with Crippen LogP contribution in [0, 0.1) is 6.92 Å². The maximum Gasteiger partial charge on any atom is 0.335 e. The molecule has 0 bridgehead atoms. The summed E-state index contributed by atoms with van der Waals surface area (Å²) in [5.41, 5.74) is 1.70. The van der Waals surface area contributed by atoms with E-state index in [0.717, 1.165) is 22.7 Å². The van der Waals surface area contributed by atoms with E-state index in [1.807, 2.05) is 26.2 Å². The Morgan fingerprint density at radius 2 is 1.96 bits per heavy atom. The van der Waals surface area contributed by atoms with Gasteiger partial charge in [0.2, 0.25) is 5.91 Å². The number of carbonyl (C=O) groups is 2. The Labute approximate surface area is 145 Å². The zero-order valence-corrected chi connectivity index (χ0v) is 14.9. The number of hydrogen-bond donors (Lipinski definition) is 2. The molecular formula is C18H22N2O3S. The van der Waals surface area contributed by atoms with Crippen molar-refractivity contribution < 1.29 is 14.7 Å². The van der Waals surface area contributed by atoms with Gasteiger partial charge in [-0.25, -0.2) is 9.78 Å². The Kier molecular flexibility index (Phi) is 5.72. The highest BCUT2D eigenvalue weighted by Gasteiger charge is 2.29. The molecule has 0 aliphatic heterocycles. The van der Waals surface area contributed by atoms with Crippen molar-refractivity contribution in [2.75, 3.05) is 0 Å². The molecule has 0 aliphatic rings. The third-order valence-electron chi connectivity index (χ3n) is 4.06. The molecule has 2 aromatic rings. The molecule has 6 heteroatoms. The van der Waals surface area contributed by atoms with Gasteiger partial charge in [-0.05, 0) is 44.4 Å². The van der Waals surface area contributed by atoms with Crippen molar-refractivity contribution in [1.82, 2.24) is 10.3 Å². The molecule has 2 N–H and O–H groups in total. The SMILES string of the molecule is CCC(C)(NC(=O)CCc1ccc(C(=O)O)cc1)c1nc(C)cs1. The summed E-state index contributed by atoms with van der Waals surface area (Å²) in [6, 6.07) is 6.62. The van der Waals surface area contributed by atoms with Crippen LogP contribution in [0.25, 0.3) is 0 Å². The van der Waals surface area contributed by atoms with Crippen LogP contribution < -0.4 is 5.32 Å². The molecule has 0 saturated heterocycles. The lowest BCUT2D eigenvalue weighted by Gasteiger charge is -2.27. The van der Waals surface area contributed by atoms with E-state index < -0.39 is 11.5 Å². The van der Waals surface area contributed by atoms with E-state index in [-0.39, 0.29) is 11.5 Å². The van der Waals surface area contributed by atoms with Gasteiger partial charge in [-0.3, -0.25) is 4.79 Å². The minimum atomic E-state index is -0.947. The number of aryl methyl sites for hydroxylation is 2. The number of benzene rings is 1. The standard InChI is InChI=1S/C18H22N2O3S/c1-4-18(3,17-19-12(2)11-24-17)20-15(21)10-7-13-5-8-14(9-6-13)16(22)23/h5-6,8-9,11H,4,7,10H2,1-3H3,(H,20,21)(H,22,23). The normalized spacial score (nSPS) is 13.3. The number of rotatable bonds is 7. The minimum absolute atomic E-state index is 0.0329. The molecule has 24 heavy (non-hydrogen) atoms. The number of nitrogens with zero attached hydrogens (tertiary/aromatic N) is 1. The number of nitrogens with one attached hydrogen (secondary N) is 1. The average molecular weight is 346 g/mol. The molecule has 0 radical (unpaired) electrons. The first-order valence-corrected chi connectivity index (χ1v) is 8.78. The predicted molar refractivity (Wildman–Crippen MR) is 94.4 cm³/mol. The van der Waals surface area contributed by atoms with E-state index in [2.05, 4.69) is 10.3 Å². The monoisotopic (exact) mass is 346 g/mol. The fraction of sp³-hybridized carbons (Fsp3) is 0.389. The van der Waals surface area contributed by atoms with Crippen molar-refractivity contribution >= 4 is 23.2 Å². The first-order valence-electron chi connectivity index (χ1n) is 7.90. The van der Waals surface area contributed by atoms with Crippen LogP contribution in [-0.4, -0.2) is 22.0 Å². The van der Waals surface area contributed by atoms with Crippen molar-refractivity contribution in [2.24, 2.45) is 0 Å². The molecule has 0 aliphatic carbocycles. The number of carbonyl (C=O) groups excluding carboxylic acids is 1. The first kappa shape index (κ1) is 18.1. The maximum absolute atomic E-state index is 12.3. The van der Waals surface area contributed by atoms with Gasteiger partial charge in [0.15, 0.2) is 0 Å². The van der Waals surface area contributed by atoms with Crippen molar-refractivity contribution in [3.8, 4) is 0 Å². The topological polar surface area (TPSA) is 79.3 Å². The van der Waals surface area contributed by atoms with Gasteiger partial charge >= 0.3 is 5.97 Å². The van der Waals surface area contributed by atoms with E-state index in [1.54, 1.807) is 35.6 Å². The van der Waals surface area contributed by atoms with E-state index >= 15 is 0 Å². The summed E-state index contributed by atoms with van der Waals surface area (Å²) < 4.78 is 0. The Balaban J connectivity index is 1.95. The second kappa shape index (κ2) is 7.57. The molecule has 1 heterocycles. The van der Waals surface area contributed by atoms with Crippen molar-refractivity contribution in [3.63, 3.8) is 0 Å². The number of amides is 1. The van der Waals surface area contributed by atoms with Gasteiger partial charge < -0.3 is 10.4 Å². The Bertz CT molecular complexity index is 724. The van der Waals surface area contributed by atoms with E-state index in [4.69, 9.17) is 5.11 Å². The number of hydrogen-bond acceptors (Lipinski definition) is 4. The second-order valence-electron chi connectivity index (χ2n) is 6.03. The van der Waals surface area contributed by atoms with Gasteiger partial charge in [0.25, 0.3) is 0 Å². The Morgan fingerprint density at radius 3 is 2.46 bits per heavy atom. The van der Waals surface area contributed by atoms with Crippen molar-refractivity contribution in [2.45, 2.75) is 45.6 Å². The number of carboxylic acid groups (broad SMARTS) is 1. The molecule has 128 valence electrons. The molecule has 1 aromatic carbocycles. The van der Waals surface area contributed by atoms with Gasteiger partial charge in [-0.15, -0.1) is 11.3 Å². The van der Waals surface area contributed by atoms with E-state index in [0.29, 0.717) is 12.8 Å². The van der Waals surface area contributed by atoms with Crippen LogP contribution in [0.4, 0.5) is 0 Å². The van der Waals surface area contributed by atoms with Crippen LogP contribution in [0.3, 0.4) is 0 Å². The summed E-state index contributed by atoms with van der Waals surface area (Å²) in [5.74, 6) is -0.980. The minimum Gasteiger partial charge on any atom is -0.478 e. The van der Waals surface area contributed by atoms with E-state index in [9.17, 15) is 9.59 Å². The fourth-order valence-electron chi connectivity index (χ4n) is 2.34. The molecule has 5 nitrogen and oxygen atoms in total. The summed E-state index contributed by atoms with van der Waals surface area (Å²) in [6.45, 7) is 5.96. The van der Waals surface area contributed by atoms with E-state index in [1.165, 1.54) is 0 Å². The van der Waals surface area contributed by atoms with Crippen LogP contribution in [0.1, 0.15) is 53.3 Å². The molecule has 1 unspecified atom stereocenters. The number of thiazole rings is 1. The van der Waals surface area contributed by atoms with Gasteiger partial charge in [0.05, 0.1) is 11.1 Å². The van der Waals surface area contributed by atoms with Crippen LogP contribution in [0.2, 0.25) is 0 Å². The molecule has 1 amide bonds. The molecule has 0 spiro atoms. The number of carboxylic acids is 1. The van der Waals surface area contributed by atoms with Crippen LogP contribution >= 0.6 is 11.3 Å². The molecule has 0 fully saturated rings. The summed E-state index contributed by atoms with van der Waals surface area (Å²) >= 11 is 1.56. The maximum atomic E-state index is 12.3. The van der Waals surface area contributed by atoms with Crippen molar-refractivity contribution in [1.29, 1.82) is 0 Å². The molecule has 2 rings (SSSR count). The third-order valence-corrected chi connectivity index (χ3v) is 5.28. The quantitative estimate of drug-likeness (QED) is 0.804. The highest BCUT2D eigenvalue weighted by Crippen LogP contribution is 2.27. The predicted octanol–water partition coefficient (Wildman–Crippen LogP) is 3.52. The lowest BCUT2D eigenvalue weighted by molar-refractivity contribution is -0.123. The Morgan fingerprint density at radius 1 is 1.29 bits per heavy atom. The van der Waals surface area contributed by atoms with Gasteiger partial charge in [-0.1, -0.05) is 19.1 Å². The number of aromatic carboxylic acids is 1. The van der Waals surface area contributed by atoms with Crippen LogP contribution in [0.5, 0.6) is 0 Å². The van der Waals surface area contributed by atoms with Gasteiger partial charge in [0.1, 0.15) is 5.01 Å². The molecule has 1 atom stereocenters. The largest absolute Gasteiger partial charge is 0.478 e. The summed E-state index contributed by atoms with van der Waals surface area (Å²) in [4.78, 5) is 27.7. The smallest absolute Gasteiger partial charge is 0.335 e. The van der Waals surface area contributed by atoms with Crippen LogP contribution in [0.15, 0.2) is 29.6 Å². The lowest BCUT2D eigenvalue weighted by Crippen LogP contribution is -2.43. The zero-order valence-electron chi connectivity index (χ0n) is 14.1. The average Bonchev–Trinajstić information content (AvgIpc) is 3.00. The fourth-order valence-corrected chi connectivity index (χ4v) is 3.33. The third kappa shape index (κ3) is 4.41. The summed E-state index contributed by atoms with van der Waals surface area (Å²) in [7, 11) is 0. The Hall–Kier alpha value is -2.21. The highest BCUT2D eigenvalue weighted by molar-refractivity contribution is 7.09. The van der Waals surface area contributed by atoms with Gasteiger partial charge in [0, 0.05) is 17.5 Å². The van der Waals surface area contributed by atoms with Crippen molar-refractivity contribution in [3.05, 3.63) is 51.5 Å². The molecular weight excluding hydrogens is 324 g/mol. The summed E-state index contributed by atoms with van der Waals surface area (Å²) in [5, 5.41) is 14.9. The van der Waals surface area contributed by atoms with Crippen LogP contribution in [-0.2, 0) is 16.8 Å². The molecule has 0 saturated carbocycles. The summed E-state index contributed by atoms with van der Waals surface area (Å²) in [6.07, 6.45) is 1.69. The number of aromatic nitrogens is 1.